The van der Waals surface area contributed by atoms with Crippen molar-refractivity contribution in [3.05, 3.63) is 0 Å². The van der Waals surface area contributed by atoms with E-state index in [1.54, 1.807) is 19.3 Å². The molecule has 24 heavy (non-hydrogen) atoms. The van der Waals surface area contributed by atoms with E-state index >= 15 is 0 Å². The van der Waals surface area contributed by atoms with Crippen molar-refractivity contribution in [1.82, 2.24) is 0 Å². The first-order valence-corrected chi connectivity index (χ1v) is 11.6. The predicted octanol–water partition coefficient (Wildman–Crippen LogP) is 7.72. The van der Waals surface area contributed by atoms with Crippen LogP contribution in [0.15, 0.2) is 0 Å². The van der Waals surface area contributed by atoms with Gasteiger partial charge in [0.1, 0.15) is 0 Å². The zero-order valence-corrected chi connectivity index (χ0v) is 17.3. The Balaban J connectivity index is 1.71. The maximum atomic E-state index is 2.64. The Labute approximate surface area is 152 Å². The zero-order valence-electron chi connectivity index (χ0n) is 17.3. The lowest BCUT2D eigenvalue weighted by molar-refractivity contribution is 0.0267. The van der Waals surface area contributed by atoms with Gasteiger partial charge in [-0.2, -0.15) is 0 Å². The molecule has 0 heterocycles. The molecule has 140 valence electrons. The summed E-state index contributed by atoms with van der Waals surface area (Å²) in [6, 6.07) is 0. The summed E-state index contributed by atoms with van der Waals surface area (Å²) in [6.07, 6.45) is 16.5. The molecule has 0 heteroatoms. The second-order valence-corrected chi connectivity index (χ2v) is 10.00. The van der Waals surface area contributed by atoms with Crippen LogP contribution >= 0.6 is 0 Å². The molecule has 3 aliphatic rings. The molecule has 0 aromatic rings. The lowest BCUT2D eigenvalue weighted by Crippen LogP contribution is -2.38. The zero-order chi connectivity index (χ0) is 17.3. The summed E-state index contributed by atoms with van der Waals surface area (Å²) >= 11 is 0. The Morgan fingerprint density at radius 2 is 1.79 bits per heavy atom. The fourth-order valence-electron chi connectivity index (χ4n) is 7.65. The van der Waals surface area contributed by atoms with Gasteiger partial charge in [-0.3, -0.25) is 0 Å². The summed E-state index contributed by atoms with van der Waals surface area (Å²) in [7, 11) is 0. The topological polar surface area (TPSA) is 0 Å². The van der Waals surface area contributed by atoms with E-state index in [9.17, 15) is 0 Å². The maximum Gasteiger partial charge on any atom is -0.0240 e. The molecule has 0 aromatic carbocycles. The normalized spacial score (nSPS) is 48.6. The third-order valence-corrected chi connectivity index (χ3v) is 9.19. The second kappa shape index (κ2) is 7.71. The van der Waals surface area contributed by atoms with Crippen LogP contribution in [0.2, 0.25) is 0 Å². The van der Waals surface area contributed by atoms with Gasteiger partial charge in [0.2, 0.25) is 0 Å². The molecular weight excluding hydrogens is 288 g/mol. The molecule has 0 amide bonds. The van der Waals surface area contributed by atoms with Gasteiger partial charge in [0.15, 0.2) is 0 Å². The van der Waals surface area contributed by atoms with E-state index in [2.05, 4.69) is 34.6 Å². The van der Waals surface area contributed by atoms with Crippen molar-refractivity contribution in [3.63, 3.8) is 0 Å². The van der Waals surface area contributed by atoms with Crippen molar-refractivity contribution in [2.24, 2.45) is 46.8 Å². The molecule has 8 atom stereocenters. The molecule has 0 nitrogen and oxygen atoms in total. The van der Waals surface area contributed by atoms with Gasteiger partial charge in [-0.1, -0.05) is 73.1 Å². The van der Waals surface area contributed by atoms with Crippen LogP contribution in [0.5, 0.6) is 0 Å². The Hall–Kier alpha value is 0. The monoisotopic (exact) mass is 332 g/mol. The van der Waals surface area contributed by atoms with Gasteiger partial charge in [-0.05, 0) is 78.9 Å². The summed E-state index contributed by atoms with van der Waals surface area (Å²) in [6.45, 7) is 12.6. The van der Waals surface area contributed by atoms with Crippen molar-refractivity contribution >= 4 is 0 Å². The highest BCUT2D eigenvalue weighted by molar-refractivity contribution is 5.12. The van der Waals surface area contributed by atoms with Crippen molar-refractivity contribution in [2.75, 3.05) is 0 Å². The van der Waals surface area contributed by atoms with Crippen LogP contribution in [0, 0.1) is 46.8 Å². The fourth-order valence-corrected chi connectivity index (χ4v) is 7.65. The lowest BCUT2D eigenvalue weighted by Gasteiger charge is -2.47. The Kier molecular flexibility index (Phi) is 6.03. The number of hydrogen-bond donors (Lipinski definition) is 0. The number of fused-ring (bicyclic) bond motifs is 1. The van der Waals surface area contributed by atoms with Crippen molar-refractivity contribution in [3.8, 4) is 0 Å². The van der Waals surface area contributed by atoms with Crippen LogP contribution in [0.4, 0.5) is 0 Å². The molecule has 3 aliphatic carbocycles. The summed E-state index contributed by atoms with van der Waals surface area (Å²) in [5.41, 5.74) is 0.710. The molecule has 0 spiro atoms. The van der Waals surface area contributed by atoms with Gasteiger partial charge in [-0.15, -0.1) is 0 Å². The van der Waals surface area contributed by atoms with E-state index in [1.807, 2.05) is 0 Å². The van der Waals surface area contributed by atoms with Gasteiger partial charge in [0, 0.05) is 0 Å². The highest BCUT2D eigenvalue weighted by Gasteiger charge is 2.63. The molecule has 3 saturated carbocycles. The Morgan fingerprint density at radius 1 is 1.00 bits per heavy atom. The van der Waals surface area contributed by atoms with Gasteiger partial charge in [0.25, 0.3) is 0 Å². The van der Waals surface area contributed by atoms with E-state index in [0.29, 0.717) is 5.41 Å². The summed E-state index contributed by atoms with van der Waals surface area (Å²) < 4.78 is 0. The van der Waals surface area contributed by atoms with E-state index in [1.165, 1.54) is 51.4 Å². The third kappa shape index (κ3) is 3.21. The van der Waals surface area contributed by atoms with Gasteiger partial charge < -0.3 is 0 Å². The number of unbranched alkanes of at least 4 members (excludes halogenated alkanes) is 1. The SMILES string of the molecule is CCCCC1CCC(CC)(C2C3CCCC(CC)C(C)C32)C(C)C1. The molecule has 0 bridgehead atoms. The smallest absolute Gasteiger partial charge is 0.0240 e. The van der Waals surface area contributed by atoms with Crippen LogP contribution in [0.25, 0.3) is 0 Å². The van der Waals surface area contributed by atoms with E-state index in [4.69, 9.17) is 0 Å². The molecule has 0 radical (unpaired) electrons. The summed E-state index contributed by atoms with van der Waals surface area (Å²) in [5.74, 6) is 7.33. The van der Waals surface area contributed by atoms with Crippen LogP contribution in [0.1, 0.15) is 105 Å². The predicted molar refractivity (Wildman–Crippen MR) is 106 cm³/mol. The minimum absolute atomic E-state index is 0.710. The first-order chi connectivity index (χ1) is 11.6. The molecule has 0 aromatic heterocycles. The van der Waals surface area contributed by atoms with E-state index in [-0.39, 0.29) is 0 Å². The van der Waals surface area contributed by atoms with Crippen molar-refractivity contribution < 1.29 is 0 Å². The standard InChI is InChI=1S/C24H44/c1-6-9-11-19-14-15-24(8-3,17(4)16-19)23-21-13-10-12-20(7-2)18(5)22(21)23/h17-23H,6-16H2,1-5H3. The average molecular weight is 333 g/mol. The first kappa shape index (κ1) is 18.8. The molecule has 3 rings (SSSR count). The highest BCUT2D eigenvalue weighted by atomic mass is 14.7. The van der Waals surface area contributed by atoms with Crippen molar-refractivity contribution in [2.45, 2.75) is 105 Å². The summed E-state index contributed by atoms with van der Waals surface area (Å²) in [4.78, 5) is 0. The third-order valence-electron chi connectivity index (χ3n) is 9.19. The Morgan fingerprint density at radius 3 is 2.42 bits per heavy atom. The first-order valence-electron chi connectivity index (χ1n) is 11.6. The van der Waals surface area contributed by atoms with E-state index < -0.39 is 0 Å². The lowest BCUT2D eigenvalue weighted by atomic mass is 9.58. The van der Waals surface area contributed by atoms with Crippen LogP contribution < -0.4 is 0 Å². The number of hydrogen-bond acceptors (Lipinski definition) is 0. The molecule has 8 unspecified atom stereocenters. The minimum Gasteiger partial charge on any atom is -0.0654 e. The van der Waals surface area contributed by atoms with Crippen LogP contribution in [0.3, 0.4) is 0 Å². The molecular formula is C24H44. The van der Waals surface area contributed by atoms with Crippen LogP contribution in [-0.2, 0) is 0 Å². The molecule has 0 N–H and O–H groups in total. The van der Waals surface area contributed by atoms with Gasteiger partial charge in [-0.25, -0.2) is 0 Å². The molecule has 0 saturated heterocycles. The molecule has 3 fully saturated rings. The van der Waals surface area contributed by atoms with Gasteiger partial charge >= 0.3 is 0 Å². The Bertz CT molecular complexity index is 399. The second-order valence-electron chi connectivity index (χ2n) is 10.00. The van der Waals surface area contributed by atoms with Crippen LogP contribution in [-0.4, -0.2) is 0 Å². The number of rotatable bonds is 6. The quantitative estimate of drug-likeness (QED) is 0.467. The highest BCUT2D eigenvalue weighted by Crippen LogP contribution is 2.70. The summed E-state index contributed by atoms with van der Waals surface area (Å²) in [5, 5.41) is 0. The molecule has 0 aliphatic heterocycles. The average Bonchev–Trinajstić information content (AvgIpc) is 3.33. The minimum atomic E-state index is 0.710. The largest absolute Gasteiger partial charge is 0.0654 e. The fraction of sp³-hybridized carbons (Fsp3) is 1.00. The van der Waals surface area contributed by atoms with Gasteiger partial charge in [0.05, 0.1) is 0 Å². The van der Waals surface area contributed by atoms with Crippen molar-refractivity contribution in [1.29, 1.82) is 0 Å². The maximum absolute atomic E-state index is 2.64. The van der Waals surface area contributed by atoms with E-state index in [0.717, 1.165) is 41.4 Å².